The third-order valence-electron chi connectivity index (χ3n) is 4.65. The lowest BCUT2D eigenvalue weighted by molar-refractivity contribution is 0.134. The summed E-state index contributed by atoms with van der Waals surface area (Å²) in [6, 6.07) is 1.98. The number of anilines is 1. The molecule has 1 atom stereocenters. The standard InChI is InChI=1S/C16H24N6/c1-12-8-14(17-3)20-15(19-12)16(2)6-5-7-22(16)10-13-9-18-11-21(13)4/h8-9,11H,5-7,10H2,1-4H3,(H,17,19,20)/t16-/m1/s1. The van der Waals surface area contributed by atoms with Crippen LogP contribution in [0, 0.1) is 6.92 Å². The quantitative estimate of drug-likeness (QED) is 0.936. The summed E-state index contributed by atoms with van der Waals surface area (Å²) in [5.41, 5.74) is 2.10. The number of nitrogens with zero attached hydrogens (tertiary/aromatic N) is 5. The molecule has 1 aliphatic rings. The Morgan fingerprint density at radius 2 is 2.18 bits per heavy atom. The molecule has 22 heavy (non-hydrogen) atoms. The number of aryl methyl sites for hydroxylation is 2. The van der Waals surface area contributed by atoms with Crippen LogP contribution in [0.2, 0.25) is 0 Å². The van der Waals surface area contributed by atoms with E-state index in [2.05, 4.69) is 26.7 Å². The number of rotatable bonds is 4. The summed E-state index contributed by atoms with van der Waals surface area (Å²) in [7, 11) is 3.94. The second-order valence-electron chi connectivity index (χ2n) is 6.26. The SMILES string of the molecule is CNc1cc(C)nc([C@@]2(C)CCCN2Cc2cncn2C)n1. The molecule has 6 nitrogen and oxygen atoms in total. The van der Waals surface area contributed by atoms with Crippen LogP contribution in [-0.2, 0) is 19.1 Å². The van der Waals surface area contributed by atoms with Crippen LogP contribution in [0.4, 0.5) is 5.82 Å². The lowest BCUT2D eigenvalue weighted by atomic mass is 9.97. The lowest BCUT2D eigenvalue weighted by Crippen LogP contribution is -2.40. The van der Waals surface area contributed by atoms with Gasteiger partial charge in [-0.2, -0.15) is 0 Å². The number of hydrogen-bond donors (Lipinski definition) is 1. The second-order valence-corrected chi connectivity index (χ2v) is 6.26. The Balaban J connectivity index is 1.93. The van der Waals surface area contributed by atoms with Crippen LogP contribution in [0.15, 0.2) is 18.6 Å². The summed E-state index contributed by atoms with van der Waals surface area (Å²) in [6.07, 6.45) is 6.04. The molecule has 1 fully saturated rings. The van der Waals surface area contributed by atoms with Gasteiger partial charge in [-0.3, -0.25) is 4.90 Å². The van der Waals surface area contributed by atoms with Gasteiger partial charge in [0.2, 0.25) is 0 Å². The highest BCUT2D eigenvalue weighted by molar-refractivity contribution is 5.36. The molecular formula is C16H24N6. The van der Waals surface area contributed by atoms with Crippen LogP contribution < -0.4 is 5.32 Å². The maximum absolute atomic E-state index is 4.72. The van der Waals surface area contributed by atoms with Gasteiger partial charge in [-0.05, 0) is 33.2 Å². The van der Waals surface area contributed by atoms with Gasteiger partial charge < -0.3 is 9.88 Å². The van der Waals surface area contributed by atoms with E-state index < -0.39 is 0 Å². The minimum absolute atomic E-state index is 0.123. The van der Waals surface area contributed by atoms with Gasteiger partial charge in [0.1, 0.15) is 5.82 Å². The highest BCUT2D eigenvalue weighted by Crippen LogP contribution is 2.38. The molecule has 3 rings (SSSR count). The molecule has 6 heteroatoms. The molecule has 1 N–H and O–H groups in total. The summed E-state index contributed by atoms with van der Waals surface area (Å²) in [5, 5.41) is 3.13. The zero-order valence-electron chi connectivity index (χ0n) is 13.8. The van der Waals surface area contributed by atoms with Crippen molar-refractivity contribution in [2.24, 2.45) is 7.05 Å². The Morgan fingerprint density at radius 3 is 2.86 bits per heavy atom. The van der Waals surface area contributed by atoms with E-state index in [1.807, 2.05) is 39.6 Å². The van der Waals surface area contributed by atoms with Crippen molar-refractivity contribution in [2.75, 3.05) is 18.9 Å². The first-order chi connectivity index (χ1) is 10.5. The summed E-state index contributed by atoms with van der Waals surface area (Å²) in [6.45, 7) is 6.22. The van der Waals surface area contributed by atoms with Gasteiger partial charge in [0.15, 0.2) is 5.82 Å². The minimum Gasteiger partial charge on any atom is -0.373 e. The summed E-state index contributed by atoms with van der Waals surface area (Å²) in [4.78, 5) is 16.1. The lowest BCUT2D eigenvalue weighted by Gasteiger charge is -2.34. The molecule has 3 heterocycles. The monoisotopic (exact) mass is 300 g/mol. The molecule has 2 aromatic rings. The van der Waals surface area contributed by atoms with Crippen LogP contribution in [0.5, 0.6) is 0 Å². The average molecular weight is 300 g/mol. The van der Waals surface area contributed by atoms with Crippen LogP contribution in [-0.4, -0.2) is 38.0 Å². The van der Waals surface area contributed by atoms with E-state index in [0.29, 0.717) is 0 Å². The first-order valence-corrected chi connectivity index (χ1v) is 7.77. The molecule has 0 aliphatic carbocycles. The molecule has 118 valence electrons. The van der Waals surface area contributed by atoms with Gasteiger partial charge in [-0.1, -0.05) is 0 Å². The summed E-state index contributed by atoms with van der Waals surface area (Å²) in [5.74, 6) is 1.80. The van der Waals surface area contributed by atoms with Crippen LogP contribution in [0.25, 0.3) is 0 Å². The molecule has 0 aromatic carbocycles. The van der Waals surface area contributed by atoms with Crippen molar-refractivity contribution < 1.29 is 0 Å². The fourth-order valence-corrected chi connectivity index (χ4v) is 3.20. The van der Waals surface area contributed by atoms with E-state index in [4.69, 9.17) is 9.97 Å². The van der Waals surface area contributed by atoms with E-state index in [-0.39, 0.29) is 5.54 Å². The molecule has 0 amide bonds. The zero-order chi connectivity index (χ0) is 15.7. The van der Waals surface area contributed by atoms with Crippen molar-refractivity contribution in [2.45, 2.75) is 38.8 Å². The molecule has 0 unspecified atom stereocenters. The second kappa shape index (κ2) is 5.68. The van der Waals surface area contributed by atoms with Crippen molar-refractivity contribution in [1.82, 2.24) is 24.4 Å². The normalized spacial score (nSPS) is 22.2. The Hall–Kier alpha value is -1.95. The first-order valence-electron chi connectivity index (χ1n) is 7.77. The van der Waals surface area contributed by atoms with Crippen molar-refractivity contribution in [3.05, 3.63) is 35.8 Å². The van der Waals surface area contributed by atoms with Crippen molar-refractivity contribution >= 4 is 5.82 Å². The highest BCUT2D eigenvalue weighted by Gasteiger charge is 2.41. The third kappa shape index (κ3) is 2.59. The number of nitrogens with one attached hydrogen (secondary N) is 1. The van der Waals surface area contributed by atoms with E-state index in [9.17, 15) is 0 Å². The molecular weight excluding hydrogens is 276 g/mol. The fraction of sp³-hybridized carbons (Fsp3) is 0.562. The van der Waals surface area contributed by atoms with E-state index >= 15 is 0 Å². The van der Waals surface area contributed by atoms with E-state index in [0.717, 1.165) is 36.8 Å². The van der Waals surface area contributed by atoms with Gasteiger partial charge in [0, 0.05) is 38.6 Å². The fourth-order valence-electron chi connectivity index (χ4n) is 3.20. The molecule has 0 saturated carbocycles. The van der Waals surface area contributed by atoms with E-state index in [1.165, 1.54) is 12.1 Å². The van der Waals surface area contributed by atoms with Crippen molar-refractivity contribution in [3.8, 4) is 0 Å². The van der Waals surface area contributed by atoms with Gasteiger partial charge >= 0.3 is 0 Å². The van der Waals surface area contributed by atoms with Gasteiger partial charge in [-0.25, -0.2) is 15.0 Å². The minimum atomic E-state index is -0.123. The van der Waals surface area contributed by atoms with Gasteiger partial charge in [0.05, 0.1) is 17.6 Å². The van der Waals surface area contributed by atoms with E-state index in [1.54, 1.807) is 0 Å². The largest absolute Gasteiger partial charge is 0.373 e. The topological polar surface area (TPSA) is 58.9 Å². The Morgan fingerprint density at radius 1 is 1.36 bits per heavy atom. The van der Waals surface area contributed by atoms with Crippen molar-refractivity contribution in [3.63, 3.8) is 0 Å². The molecule has 0 spiro atoms. The first kappa shape index (κ1) is 15.0. The third-order valence-corrected chi connectivity index (χ3v) is 4.65. The predicted octanol–water partition coefficient (Wildman–Crippen LogP) is 2.07. The Kier molecular flexibility index (Phi) is 3.87. The number of aromatic nitrogens is 4. The van der Waals surface area contributed by atoms with Crippen LogP contribution in [0.1, 0.15) is 37.0 Å². The molecule has 0 bridgehead atoms. The van der Waals surface area contributed by atoms with Gasteiger partial charge in [-0.15, -0.1) is 0 Å². The number of imidazole rings is 1. The summed E-state index contributed by atoms with van der Waals surface area (Å²) >= 11 is 0. The van der Waals surface area contributed by atoms with Gasteiger partial charge in [0.25, 0.3) is 0 Å². The summed E-state index contributed by atoms with van der Waals surface area (Å²) < 4.78 is 2.08. The molecule has 1 aliphatic heterocycles. The zero-order valence-corrected chi connectivity index (χ0v) is 13.8. The van der Waals surface area contributed by atoms with Crippen LogP contribution in [0.3, 0.4) is 0 Å². The molecule has 2 aromatic heterocycles. The van der Waals surface area contributed by atoms with Crippen LogP contribution >= 0.6 is 0 Å². The maximum atomic E-state index is 4.72. The predicted molar refractivity (Wildman–Crippen MR) is 86.5 cm³/mol. The molecule has 1 saturated heterocycles. The number of hydrogen-bond acceptors (Lipinski definition) is 5. The highest BCUT2D eigenvalue weighted by atomic mass is 15.3. The maximum Gasteiger partial charge on any atom is 0.150 e. The molecule has 0 radical (unpaired) electrons. The average Bonchev–Trinajstić information content (AvgIpc) is 3.07. The Labute approximate surface area is 131 Å². The smallest absolute Gasteiger partial charge is 0.150 e. The van der Waals surface area contributed by atoms with Crippen molar-refractivity contribution in [1.29, 1.82) is 0 Å². The Bertz CT molecular complexity index is 664. The number of likely N-dealkylation sites (tertiary alicyclic amines) is 1.